The predicted molar refractivity (Wildman–Crippen MR) is 97.0 cm³/mol. The minimum Gasteiger partial charge on any atom is -0.395 e. The van der Waals surface area contributed by atoms with Gasteiger partial charge in [0.05, 0.1) is 0 Å². The smallest absolute Gasteiger partial charge is 0.395 e. The minimum atomic E-state index is -3.68. The van der Waals surface area contributed by atoms with Crippen molar-refractivity contribution in [1.82, 2.24) is 10.2 Å². The highest BCUT2D eigenvalue weighted by atomic mass is 19.3. The molecule has 6 nitrogen and oxygen atoms in total. The van der Waals surface area contributed by atoms with E-state index in [1.807, 2.05) is 31.3 Å². The molecule has 1 heterocycles. The van der Waals surface area contributed by atoms with Crippen molar-refractivity contribution in [2.75, 3.05) is 18.9 Å². The van der Waals surface area contributed by atoms with Crippen molar-refractivity contribution in [1.29, 1.82) is 0 Å². The summed E-state index contributed by atoms with van der Waals surface area (Å²) in [5.74, 6) is -0.189. The first-order valence-electron chi connectivity index (χ1n) is 8.56. The maximum atomic E-state index is 13.0. The van der Waals surface area contributed by atoms with Gasteiger partial charge in [0.2, 0.25) is 0 Å². The number of fused-ring (bicyclic) bond motifs is 1. The van der Waals surface area contributed by atoms with E-state index in [0.717, 1.165) is 24.2 Å². The molecule has 0 saturated heterocycles. The molecular formula is C19H21F2N3O3. The number of hydrogen-bond donors (Lipinski definition) is 2. The Morgan fingerprint density at radius 1 is 1.11 bits per heavy atom. The molecule has 0 saturated carbocycles. The molecule has 8 heteroatoms. The zero-order valence-corrected chi connectivity index (χ0v) is 15.1. The van der Waals surface area contributed by atoms with Crippen LogP contribution in [0.2, 0.25) is 0 Å². The highest BCUT2D eigenvalue weighted by Crippen LogP contribution is 2.42. The fraction of sp³-hybridized carbons (Fsp3) is 0.316. The number of nitrogens with zero attached hydrogens (tertiary/aromatic N) is 1. The van der Waals surface area contributed by atoms with Crippen LogP contribution in [0.15, 0.2) is 42.5 Å². The molecule has 2 amide bonds. The maximum absolute atomic E-state index is 13.0. The Morgan fingerprint density at radius 2 is 1.85 bits per heavy atom. The molecule has 1 aliphatic rings. The third kappa shape index (κ3) is 5.07. The SMILES string of the molecule is CCN(C)Cc1cccc(CNC(=O)Nc2ccc3c(c2)OC(F)(F)O3)c1. The van der Waals surface area contributed by atoms with Gasteiger partial charge in [-0.1, -0.05) is 31.2 Å². The Labute approximate surface area is 156 Å². The van der Waals surface area contributed by atoms with Crippen LogP contribution in [-0.2, 0) is 13.1 Å². The Bertz CT molecular complexity index is 830. The van der Waals surface area contributed by atoms with Crippen LogP contribution in [0.3, 0.4) is 0 Å². The first kappa shape index (κ1) is 18.9. The molecule has 0 aliphatic carbocycles. The van der Waals surface area contributed by atoms with Gasteiger partial charge in [-0.15, -0.1) is 8.78 Å². The summed E-state index contributed by atoms with van der Waals surface area (Å²) in [6.07, 6.45) is -3.68. The summed E-state index contributed by atoms with van der Waals surface area (Å²) < 4.78 is 34.7. The molecule has 2 aromatic rings. The van der Waals surface area contributed by atoms with Crippen LogP contribution in [0, 0.1) is 0 Å². The quantitative estimate of drug-likeness (QED) is 0.804. The molecule has 2 aromatic carbocycles. The second kappa shape index (κ2) is 7.79. The van der Waals surface area contributed by atoms with Crippen molar-refractivity contribution >= 4 is 11.7 Å². The summed E-state index contributed by atoms with van der Waals surface area (Å²) >= 11 is 0. The lowest BCUT2D eigenvalue weighted by atomic mass is 10.1. The third-order valence-electron chi connectivity index (χ3n) is 4.10. The highest BCUT2D eigenvalue weighted by molar-refractivity contribution is 5.89. The molecule has 0 fully saturated rings. The lowest BCUT2D eigenvalue weighted by Crippen LogP contribution is -2.28. The number of amides is 2. The second-order valence-electron chi connectivity index (χ2n) is 6.29. The number of halogens is 2. The number of urea groups is 1. The second-order valence-corrected chi connectivity index (χ2v) is 6.29. The van der Waals surface area contributed by atoms with E-state index < -0.39 is 12.3 Å². The average Bonchev–Trinajstić information content (AvgIpc) is 2.93. The summed E-state index contributed by atoms with van der Waals surface area (Å²) in [5.41, 5.74) is 2.46. The van der Waals surface area contributed by atoms with E-state index >= 15 is 0 Å². The van der Waals surface area contributed by atoms with Gasteiger partial charge in [0.15, 0.2) is 11.5 Å². The lowest BCUT2D eigenvalue weighted by molar-refractivity contribution is -0.286. The number of carbonyl (C=O) groups is 1. The summed E-state index contributed by atoms with van der Waals surface area (Å²) in [4.78, 5) is 14.3. The van der Waals surface area contributed by atoms with Crippen LogP contribution in [0.5, 0.6) is 11.5 Å². The Balaban J connectivity index is 1.54. The molecular weight excluding hydrogens is 356 g/mol. The fourth-order valence-electron chi connectivity index (χ4n) is 2.65. The van der Waals surface area contributed by atoms with Crippen molar-refractivity contribution in [3.63, 3.8) is 0 Å². The van der Waals surface area contributed by atoms with Crippen molar-refractivity contribution in [3.05, 3.63) is 53.6 Å². The van der Waals surface area contributed by atoms with Gasteiger partial charge in [-0.2, -0.15) is 0 Å². The molecule has 0 unspecified atom stereocenters. The molecule has 0 bridgehead atoms. The Hall–Kier alpha value is -2.87. The van der Waals surface area contributed by atoms with Crippen LogP contribution >= 0.6 is 0 Å². The summed E-state index contributed by atoms with van der Waals surface area (Å²) in [6.45, 7) is 4.22. The summed E-state index contributed by atoms with van der Waals surface area (Å²) in [7, 11) is 2.04. The Kier molecular flexibility index (Phi) is 5.46. The van der Waals surface area contributed by atoms with Crippen LogP contribution < -0.4 is 20.1 Å². The van der Waals surface area contributed by atoms with E-state index in [9.17, 15) is 13.6 Å². The number of benzene rings is 2. The number of carbonyl (C=O) groups excluding carboxylic acids is 1. The van der Waals surface area contributed by atoms with Gasteiger partial charge in [0, 0.05) is 24.8 Å². The number of anilines is 1. The number of nitrogens with one attached hydrogen (secondary N) is 2. The van der Waals surface area contributed by atoms with Crippen LogP contribution in [0.1, 0.15) is 18.1 Å². The fourth-order valence-corrected chi connectivity index (χ4v) is 2.65. The third-order valence-corrected chi connectivity index (χ3v) is 4.10. The molecule has 0 atom stereocenters. The molecule has 27 heavy (non-hydrogen) atoms. The summed E-state index contributed by atoms with van der Waals surface area (Å²) in [5, 5.41) is 5.33. The zero-order chi connectivity index (χ0) is 19.4. The monoisotopic (exact) mass is 377 g/mol. The minimum absolute atomic E-state index is 0.0696. The number of ether oxygens (including phenoxy) is 2. The van der Waals surface area contributed by atoms with Crippen LogP contribution in [0.25, 0.3) is 0 Å². The molecule has 144 valence electrons. The van der Waals surface area contributed by atoms with E-state index in [2.05, 4.69) is 31.9 Å². The maximum Gasteiger partial charge on any atom is 0.586 e. The number of rotatable bonds is 6. The van der Waals surface area contributed by atoms with Crippen molar-refractivity contribution in [2.24, 2.45) is 0 Å². The van der Waals surface area contributed by atoms with E-state index in [-0.39, 0.29) is 11.5 Å². The van der Waals surface area contributed by atoms with Gasteiger partial charge in [-0.05, 0) is 36.9 Å². The molecule has 2 N–H and O–H groups in total. The van der Waals surface area contributed by atoms with Crippen LogP contribution in [-0.4, -0.2) is 30.8 Å². The van der Waals surface area contributed by atoms with Crippen LogP contribution in [0.4, 0.5) is 19.3 Å². The molecule has 0 radical (unpaired) electrons. The predicted octanol–water partition coefficient (Wildman–Crippen LogP) is 3.78. The molecule has 3 rings (SSSR count). The van der Waals surface area contributed by atoms with E-state index in [1.54, 1.807) is 0 Å². The number of alkyl halides is 2. The molecule has 0 aromatic heterocycles. The van der Waals surface area contributed by atoms with Gasteiger partial charge in [0.1, 0.15) is 0 Å². The van der Waals surface area contributed by atoms with Crippen molar-refractivity contribution in [2.45, 2.75) is 26.3 Å². The Morgan fingerprint density at radius 3 is 2.63 bits per heavy atom. The lowest BCUT2D eigenvalue weighted by Gasteiger charge is -2.14. The standard InChI is InChI=1S/C19H21F2N3O3/c1-3-24(2)12-14-6-4-5-13(9-14)11-22-18(25)23-15-7-8-16-17(10-15)27-19(20,21)26-16/h4-10H,3,11-12H2,1-2H3,(H2,22,23,25). The van der Waals surface area contributed by atoms with Crippen molar-refractivity contribution in [3.8, 4) is 11.5 Å². The summed E-state index contributed by atoms with van der Waals surface area (Å²) in [6, 6.07) is 11.6. The first-order valence-corrected chi connectivity index (χ1v) is 8.56. The van der Waals surface area contributed by atoms with Gasteiger partial charge >= 0.3 is 12.3 Å². The molecule has 0 spiro atoms. The van der Waals surface area contributed by atoms with E-state index in [4.69, 9.17) is 0 Å². The largest absolute Gasteiger partial charge is 0.586 e. The normalized spacial score (nSPS) is 14.3. The average molecular weight is 377 g/mol. The van der Waals surface area contributed by atoms with Gasteiger partial charge in [-0.3, -0.25) is 0 Å². The van der Waals surface area contributed by atoms with Gasteiger partial charge in [0.25, 0.3) is 0 Å². The van der Waals surface area contributed by atoms with E-state index in [0.29, 0.717) is 12.2 Å². The first-order chi connectivity index (χ1) is 12.8. The number of hydrogen-bond acceptors (Lipinski definition) is 4. The van der Waals surface area contributed by atoms with Crippen molar-refractivity contribution < 1.29 is 23.0 Å². The molecule has 1 aliphatic heterocycles. The topological polar surface area (TPSA) is 62.8 Å². The highest BCUT2D eigenvalue weighted by Gasteiger charge is 2.43. The van der Waals surface area contributed by atoms with Gasteiger partial charge < -0.3 is 25.0 Å². The zero-order valence-electron chi connectivity index (χ0n) is 15.1. The van der Waals surface area contributed by atoms with Gasteiger partial charge in [-0.25, -0.2) is 4.79 Å². The van der Waals surface area contributed by atoms with E-state index in [1.165, 1.54) is 18.2 Å².